The highest BCUT2D eigenvalue weighted by atomic mass is 16.3. The number of hydrogen-bond acceptors (Lipinski definition) is 4. The van der Waals surface area contributed by atoms with Gasteiger partial charge in [0.15, 0.2) is 0 Å². The third-order valence-electron chi connectivity index (χ3n) is 7.26. The summed E-state index contributed by atoms with van der Waals surface area (Å²) in [5.41, 5.74) is 2.63. The first-order chi connectivity index (χ1) is 15.1. The molecule has 0 spiro atoms. The normalized spacial score (nSPS) is 27.2. The Morgan fingerprint density at radius 3 is 2.61 bits per heavy atom. The molecule has 164 valence electrons. The number of aliphatic hydroxyl groups is 1. The monoisotopic (exact) mass is 421 g/mol. The summed E-state index contributed by atoms with van der Waals surface area (Å²) in [6.45, 7) is 4.07. The highest BCUT2D eigenvalue weighted by Gasteiger charge is 2.56. The van der Waals surface area contributed by atoms with Crippen LogP contribution in [0.3, 0.4) is 0 Å². The standard InChI is InChI=1S/C25H31N3O3/c1-2-12-26-24(30)23-20(15-29)19-14-27-21(22(19)28(23)13-16-8-9-16)11-10-18(25(27)31)17-6-4-3-5-7-17/h3-7,10-11,16,19-20,22-23,29H,2,8-9,12-15H2,1H3,(H,26,30)/t19-,20-,22+,23-/m0/s1. The summed E-state index contributed by atoms with van der Waals surface area (Å²) in [4.78, 5) is 28.8. The van der Waals surface area contributed by atoms with Crippen LogP contribution in [0.4, 0.5) is 0 Å². The average Bonchev–Trinajstić information content (AvgIpc) is 3.45. The number of carbonyl (C=O) groups is 1. The van der Waals surface area contributed by atoms with E-state index in [0.717, 1.165) is 24.2 Å². The van der Waals surface area contributed by atoms with Gasteiger partial charge in [0.1, 0.15) is 0 Å². The van der Waals surface area contributed by atoms with Crippen LogP contribution in [0.2, 0.25) is 0 Å². The topological polar surface area (TPSA) is 74.6 Å². The van der Waals surface area contributed by atoms with Crippen molar-refractivity contribution in [2.75, 3.05) is 19.7 Å². The summed E-state index contributed by atoms with van der Waals surface area (Å²) in [5.74, 6) is 0.537. The number of rotatable bonds is 7. The lowest BCUT2D eigenvalue weighted by Gasteiger charge is -2.31. The zero-order chi connectivity index (χ0) is 21.5. The van der Waals surface area contributed by atoms with Crippen molar-refractivity contribution in [3.8, 4) is 11.1 Å². The number of carbonyl (C=O) groups excluding carboxylic acids is 1. The summed E-state index contributed by atoms with van der Waals surface area (Å²) in [5, 5.41) is 13.4. The SMILES string of the molecule is CCCNC(=O)[C@@H]1[C@@H](CO)[C@@H]2Cn3c(ccc(-c4ccccc4)c3=O)[C@@H]2N1CC1CC1. The van der Waals surface area contributed by atoms with Gasteiger partial charge in [-0.15, -0.1) is 0 Å². The van der Waals surface area contributed by atoms with Crippen molar-refractivity contribution in [1.82, 2.24) is 14.8 Å². The van der Waals surface area contributed by atoms with Crippen LogP contribution in [0, 0.1) is 17.8 Å². The summed E-state index contributed by atoms with van der Waals surface area (Å²) in [7, 11) is 0. The Bertz CT molecular complexity index is 1010. The molecule has 3 heterocycles. The number of likely N-dealkylation sites (tertiary alicyclic amines) is 1. The summed E-state index contributed by atoms with van der Waals surface area (Å²) in [6, 6.07) is 13.4. The predicted octanol–water partition coefficient (Wildman–Crippen LogP) is 2.42. The molecule has 2 aromatic rings. The summed E-state index contributed by atoms with van der Waals surface area (Å²) in [6.07, 6.45) is 3.28. The number of hydrogen-bond donors (Lipinski definition) is 2. The highest BCUT2D eigenvalue weighted by Crippen LogP contribution is 2.50. The van der Waals surface area contributed by atoms with E-state index >= 15 is 0 Å². The van der Waals surface area contributed by atoms with Crippen molar-refractivity contribution in [2.45, 2.75) is 44.8 Å². The Morgan fingerprint density at radius 2 is 1.94 bits per heavy atom. The molecule has 31 heavy (non-hydrogen) atoms. The largest absolute Gasteiger partial charge is 0.396 e. The Labute approximate surface area is 182 Å². The molecule has 2 aliphatic heterocycles. The molecule has 3 aliphatic rings. The van der Waals surface area contributed by atoms with Crippen molar-refractivity contribution < 1.29 is 9.90 Å². The third-order valence-corrected chi connectivity index (χ3v) is 7.26. The molecule has 1 aromatic carbocycles. The number of amides is 1. The van der Waals surface area contributed by atoms with E-state index in [1.54, 1.807) is 0 Å². The van der Waals surface area contributed by atoms with E-state index in [9.17, 15) is 14.7 Å². The van der Waals surface area contributed by atoms with E-state index < -0.39 is 0 Å². The van der Waals surface area contributed by atoms with Crippen LogP contribution in [-0.2, 0) is 11.3 Å². The molecule has 1 aliphatic carbocycles. The van der Waals surface area contributed by atoms with Gasteiger partial charge in [-0.1, -0.05) is 37.3 Å². The lowest BCUT2D eigenvalue weighted by molar-refractivity contribution is -0.127. The Balaban J connectivity index is 1.53. The molecular formula is C25H31N3O3. The maximum absolute atomic E-state index is 13.4. The fourth-order valence-electron chi connectivity index (χ4n) is 5.60. The van der Waals surface area contributed by atoms with Crippen molar-refractivity contribution in [1.29, 1.82) is 0 Å². The third kappa shape index (κ3) is 3.52. The van der Waals surface area contributed by atoms with E-state index in [-0.39, 0.29) is 42.0 Å². The lowest BCUT2D eigenvalue weighted by atomic mass is 9.88. The zero-order valence-corrected chi connectivity index (χ0v) is 18.0. The average molecular weight is 422 g/mol. The number of nitrogens with one attached hydrogen (secondary N) is 1. The minimum Gasteiger partial charge on any atom is -0.396 e. The van der Waals surface area contributed by atoms with Gasteiger partial charge in [-0.2, -0.15) is 0 Å². The minimum atomic E-state index is -0.329. The number of aliphatic hydroxyl groups excluding tert-OH is 1. The Hall–Kier alpha value is -2.44. The number of nitrogens with zero attached hydrogens (tertiary/aromatic N) is 2. The lowest BCUT2D eigenvalue weighted by Crippen LogP contribution is -2.49. The molecule has 1 saturated carbocycles. The molecule has 2 N–H and O–H groups in total. The molecule has 6 nitrogen and oxygen atoms in total. The van der Waals surface area contributed by atoms with E-state index in [0.29, 0.717) is 24.6 Å². The van der Waals surface area contributed by atoms with Gasteiger partial charge in [-0.25, -0.2) is 0 Å². The summed E-state index contributed by atoms with van der Waals surface area (Å²) < 4.78 is 1.89. The highest BCUT2D eigenvalue weighted by molar-refractivity contribution is 5.82. The van der Waals surface area contributed by atoms with Crippen LogP contribution < -0.4 is 10.9 Å². The van der Waals surface area contributed by atoms with Gasteiger partial charge in [0.25, 0.3) is 5.56 Å². The number of pyridine rings is 1. The number of benzene rings is 1. The molecule has 4 atom stereocenters. The first-order valence-corrected chi connectivity index (χ1v) is 11.6. The van der Waals surface area contributed by atoms with Crippen molar-refractivity contribution in [3.05, 3.63) is 58.5 Å². The van der Waals surface area contributed by atoms with Crippen molar-refractivity contribution >= 4 is 5.91 Å². The fourth-order valence-corrected chi connectivity index (χ4v) is 5.60. The van der Waals surface area contributed by atoms with E-state index in [1.807, 2.05) is 47.9 Å². The smallest absolute Gasteiger partial charge is 0.258 e. The van der Waals surface area contributed by atoms with Gasteiger partial charge in [0.2, 0.25) is 5.91 Å². The van der Waals surface area contributed by atoms with E-state index in [2.05, 4.69) is 16.3 Å². The molecule has 6 heteroatoms. The minimum absolute atomic E-state index is 0.00708. The zero-order valence-electron chi connectivity index (χ0n) is 18.0. The van der Waals surface area contributed by atoms with Gasteiger partial charge in [-0.3, -0.25) is 14.5 Å². The van der Waals surface area contributed by atoms with Crippen LogP contribution in [0.1, 0.15) is 37.9 Å². The Morgan fingerprint density at radius 1 is 1.16 bits per heavy atom. The first kappa shape index (κ1) is 20.5. The van der Waals surface area contributed by atoms with Crippen LogP contribution in [0.25, 0.3) is 11.1 Å². The van der Waals surface area contributed by atoms with Crippen LogP contribution in [0.5, 0.6) is 0 Å². The number of aromatic nitrogens is 1. The van der Waals surface area contributed by atoms with Crippen molar-refractivity contribution in [2.24, 2.45) is 17.8 Å². The second-order valence-corrected chi connectivity index (χ2v) is 9.28. The van der Waals surface area contributed by atoms with E-state index in [1.165, 1.54) is 12.8 Å². The van der Waals surface area contributed by atoms with Crippen LogP contribution in [-0.4, -0.2) is 46.2 Å². The molecule has 1 aromatic heterocycles. The second kappa shape index (κ2) is 8.24. The van der Waals surface area contributed by atoms with Gasteiger partial charge in [0, 0.05) is 49.3 Å². The molecule has 1 amide bonds. The van der Waals surface area contributed by atoms with Crippen molar-refractivity contribution in [3.63, 3.8) is 0 Å². The fraction of sp³-hybridized carbons (Fsp3) is 0.520. The first-order valence-electron chi connectivity index (χ1n) is 11.6. The summed E-state index contributed by atoms with van der Waals surface area (Å²) >= 11 is 0. The molecule has 0 bridgehead atoms. The van der Waals surface area contributed by atoms with Gasteiger partial charge in [0.05, 0.1) is 12.1 Å². The van der Waals surface area contributed by atoms with E-state index in [4.69, 9.17) is 0 Å². The Kier molecular flexibility index (Phi) is 5.44. The molecular weight excluding hydrogens is 390 g/mol. The maximum atomic E-state index is 13.4. The quantitative estimate of drug-likeness (QED) is 0.720. The molecule has 2 fully saturated rings. The van der Waals surface area contributed by atoms with Gasteiger partial charge < -0.3 is 15.0 Å². The number of fused-ring (bicyclic) bond motifs is 3. The molecule has 0 unspecified atom stereocenters. The second-order valence-electron chi connectivity index (χ2n) is 9.28. The van der Waals surface area contributed by atoms with Gasteiger partial charge in [-0.05, 0) is 42.9 Å². The van der Waals surface area contributed by atoms with Crippen LogP contribution in [0.15, 0.2) is 47.3 Å². The van der Waals surface area contributed by atoms with Crippen LogP contribution >= 0.6 is 0 Å². The van der Waals surface area contributed by atoms with Gasteiger partial charge >= 0.3 is 0 Å². The predicted molar refractivity (Wildman–Crippen MR) is 119 cm³/mol. The maximum Gasteiger partial charge on any atom is 0.258 e. The molecule has 5 rings (SSSR count). The molecule has 0 radical (unpaired) electrons. The molecule has 1 saturated heterocycles.